The van der Waals surface area contributed by atoms with Crippen LogP contribution in [0.4, 0.5) is 5.13 Å². The average Bonchev–Trinajstić information content (AvgIpc) is 3.32. The number of nitrogen functional groups attached to an aromatic ring is 1. The molecular formula is C22H22ClN5O6S2. The van der Waals surface area contributed by atoms with Gasteiger partial charge in [0.2, 0.25) is 5.91 Å². The monoisotopic (exact) mass is 551 g/mol. The van der Waals surface area contributed by atoms with Crippen LogP contribution >= 0.6 is 34.7 Å². The molecule has 2 aromatic rings. The minimum Gasteiger partial charge on any atom is -0.497 e. The van der Waals surface area contributed by atoms with Crippen molar-refractivity contribution in [3.8, 4) is 5.75 Å². The van der Waals surface area contributed by atoms with E-state index in [1.807, 2.05) is 0 Å². The van der Waals surface area contributed by atoms with Gasteiger partial charge in [0.05, 0.1) is 24.6 Å². The summed E-state index contributed by atoms with van der Waals surface area (Å²) in [5.41, 5.74) is 7.18. The molecule has 0 spiro atoms. The number of rotatable bonds is 9. The van der Waals surface area contributed by atoms with Crippen molar-refractivity contribution in [2.24, 2.45) is 5.16 Å². The number of β-lactam (4-membered cyclic amide) rings is 1. The number of aromatic nitrogens is 1. The second kappa shape index (κ2) is 10.8. The lowest BCUT2D eigenvalue weighted by atomic mass is 9.98. The molecule has 1 aromatic carbocycles. The first-order valence-corrected chi connectivity index (χ1v) is 12.8. The SMILES string of the molecule is CON=CC(=O)NC1(c2csc(N)n2)S[C@H]2CC(=O)N2C(C(=O)OCc2ccc(OC)cc2)=C1CCl. The van der Waals surface area contributed by atoms with Crippen LogP contribution in [0, 0.1) is 0 Å². The highest BCUT2D eigenvalue weighted by atomic mass is 35.5. The molecule has 0 radical (unpaired) electrons. The fourth-order valence-electron chi connectivity index (χ4n) is 3.80. The highest BCUT2D eigenvalue weighted by molar-refractivity contribution is 8.01. The van der Waals surface area contributed by atoms with Gasteiger partial charge < -0.3 is 25.4 Å². The third-order valence-electron chi connectivity index (χ3n) is 5.48. The van der Waals surface area contributed by atoms with Crippen LogP contribution in [0.15, 0.2) is 46.1 Å². The summed E-state index contributed by atoms with van der Waals surface area (Å²) in [5, 5.41) is 7.82. The van der Waals surface area contributed by atoms with Crippen molar-refractivity contribution < 1.29 is 28.7 Å². The van der Waals surface area contributed by atoms with Crippen LogP contribution in [0.2, 0.25) is 0 Å². The molecule has 1 saturated heterocycles. The molecule has 4 rings (SSSR count). The van der Waals surface area contributed by atoms with E-state index in [9.17, 15) is 14.4 Å². The number of halogens is 1. The number of benzene rings is 1. The second-order valence-electron chi connectivity index (χ2n) is 7.58. The van der Waals surface area contributed by atoms with Crippen LogP contribution in [0.1, 0.15) is 17.7 Å². The largest absolute Gasteiger partial charge is 0.497 e. The highest BCUT2D eigenvalue weighted by Crippen LogP contribution is 2.54. The molecule has 14 heteroatoms. The first-order valence-electron chi connectivity index (χ1n) is 10.5. The van der Waals surface area contributed by atoms with E-state index in [-0.39, 0.29) is 41.2 Å². The molecule has 2 atom stereocenters. The lowest BCUT2D eigenvalue weighted by molar-refractivity contribution is -0.150. The number of nitrogens with two attached hydrogens (primary N) is 1. The molecule has 1 unspecified atom stereocenters. The fourth-order valence-corrected chi connectivity index (χ4v) is 6.55. The van der Waals surface area contributed by atoms with E-state index < -0.39 is 22.1 Å². The Kier molecular flexibility index (Phi) is 7.71. The Hall–Kier alpha value is -3.29. The number of hydrogen-bond acceptors (Lipinski definition) is 11. The Bertz CT molecular complexity index is 1230. The first-order chi connectivity index (χ1) is 17.3. The molecule has 0 saturated carbocycles. The number of esters is 1. The third-order valence-corrected chi connectivity index (χ3v) is 7.99. The maximum Gasteiger partial charge on any atom is 0.355 e. The molecule has 2 aliphatic heterocycles. The van der Waals surface area contributed by atoms with Crippen LogP contribution in [0.3, 0.4) is 0 Å². The number of thiazole rings is 1. The number of ether oxygens (including phenoxy) is 2. The van der Waals surface area contributed by atoms with Gasteiger partial charge in [-0.15, -0.1) is 22.9 Å². The second-order valence-corrected chi connectivity index (χ2v) is 10.1. The number of alkyl halides is 1. The van der Waals surface area contributed by atoms with Crippen molar-refractivity contribution in [3.63, 3.8) is 0 Å². The van der Waals surface area contributed by atoms with Gasteiger partial charge in [-0.05, 0) is 17.7 Å². The molecular weight excluding hydrogens is 530 g/mol. The predicted octanol–water partition coefficient (Wildman–Crippen LogP) is 2.18. The molecule has 1 aromatic heterocycles. The van der Waals surface area contributed by atoms with Gasteiger partial charge in [-0.2, -0.15) is 0 Å². The Balaban J connectivity index is 1.75. The number of thioether (sulfide) groups is 1. The Morgan fingerprint density at radius 1 is 1.36 bits per heavy atom. The maximum atomic E-state index is 13.4. The number of nitrogens with one attached hydrogen (secondary N) is 1. The summed E-state index contributed by atoms with van der Waals surface area (Å²) in [6, 6.07) is 7.01. The average molecular weight is 552 g/mol. The predicted molar refractivity (Wildman–Crippen MR) is 135 cm³/mol. The molecule has 2 amide bonds. The maximum absolute atomic E-state index is 13.4. The van der Waals surface area contributed by atoms with Crippen LogP contribution < -0.4 is 15.8 Å². The van der Waals surface area contributed by atoms with Crippen LogP contribution in [0.5, 0.6) is 5.75 Å². The van der Waals surface area contributed by atoms with Crippen molar-refractivity contribution in [2.75, 3.05) is 25.8 Å². The molecule has 3 heterocycles. The standard InChI is InChI=1S/C22H22ClN5O6S2/c1-32-13-5-3-12(4-6-13)10-34-20(31)19-14(8-23)22(15-11-35-21(24)26-15,27-16(29)9-25-33-2)36-18-7-17(30)28(18)19/h3-6,9,11,18H,7-8,10H2,1-2H3,(H2,24,26)(H,27,29)/t18-,22?/m0/s1. The van der Waals surface area contributed by atoms with Crippen molar-refractivity contribution in [1.29, 1.82) is 0 Å². The topological polar surface area (TPSA) is 145 Å². The van der Waals surface area contributed by atoms with E-state index in [4.69, 9.17) is 26.8 Å². The van der Waals surface area contributed by atoms with Gasteiger partial charge in [-0.25, -0.2) is 9.78 Å². The Labute approximate surface area is 219 Å². The van der Waals surface area contributed by atoms with Crippen molar-refractivity contribution in [3.05, 3.63) is 52.2 Å². The van der Waals surface area contributed by atoms with E-state index in [0.717, 1.165) is 11.8 Å². The van der Waals surface area contributed by atoms with Gasteiger partial charge in [-0.1, -0.05) is 29.1 Å². The van der Waals surface area contributed by atoms with Gasteiger partial charge >= 0.3 is 5.97 Å². The summed E-state index contributed by atoms with van der Waals surface area (Å²) in [6.07, 6.45) is 1.10. The van der Waals surface area contributed by atoms with Gasteiger partial charge in [0.25, 0.3) is 5.91 Å². The zero-order valence-electron chi connectivity index (χ0n) is 19.2. The molecule has 190 valence electrons. The minimum atomic E-state index is -1.40. The van der Waals surface area contributed by atoms with E-state index in [1.54, 1.807) is 36.8 Å². The number of amides is 2. The number of fused-ring (bicyclic) bond motifs is 1. The molecule has 1 fully saturated rings. The Morgan fingerprint density at radius 3 is 2.69 bits per heavy atom. The number of oxime groups is 1. The summed E-state index contributed by atoms with van der Waals surface area (Å²) in [4.78, 5) is 47.6. The van der Waals surface area contributed by atoms with E-state index in [1.165, 1.54) is 35.1 Å². The summed E-state index contributed by atoms with van der Waals surface area (Å²) >= 11 is 8.78. The van der Waals surface area contributed by atoms with Gasteiger partial charge in [0.1, 0.15) is 31.4 Å². The number of carbonyl (C=O) groups is 3. The van der Waals surface area contributed by atoms with Crippen LogP contribution in [-0.4, -0.2) is 59.4 Å². The Morgan fingerprint density at radius 2 is 2.11 bits per heavy atom. The smallest absolute Gasteiger partial charge is 0.355 e. The number of methoxy groups -OCH3 is 1. The lowest BCUT2D eigenvalue weighted by Gasteiger charge is -2.51. The van der Waals surface area contributed by atoms with Crippen LogP contribution in [0.25, 0.3) is 0 Å². The summed E-state index contributed by atoms with van der Waals surface area (Å²) in [5.74, 6) is -1.19. The fraction of sp³-hybridized carbons (Fsp3) is 0.318. The highest BCUT2D eigenvalue weighted by Gasteiger charge is 2.57. The molecule has 0 bridgehead atoms. The number of hydrogen-bond donors (Lipinski definition) is 2. The van der Waals surface area contributed by atoms with Gasteiger partial charge in [0.15, 0.2) is 10.0 Å². The number of carbonyl (C=O) groups excluding carboxylic acids is 3. The van der Waals surface area contributed by atoms with E-state index >= 15 is 0 Å². The van der Waals surface area contributed by atoms with Crippen molar-refractivity contribution >= 4 is 63.8 Å². The zero-order valence-corrected chi connectivity index (χ0v) is 21.6. The normalized spacial score (nSPS) is 21.1. The van der Waals surface area contributed by atoms with Gasteiger partial charge in [0, 0.05) is 16.8 Å². The third kappa shape index (κ3) is 4.86. The van der Waals surface area contributed by atoms with E-state index in [0.29, 0.717) is 11.4 Å². The number of anilines is 1. The quantitative estimate of drug-likeness (QED) is 0.157. The molecule has 0 aliphatic carbocycles. The lowest BCUT2D eigenvalue weighted by Crippen LogP contribution is -2.61. The molecule has 2 aliphatic rings. The summed E-state index contributed by atoms with van der Waals surface area (Å²) in [6.45, 7) is -0.0504. The zero-order chi connectivity index (χ0) is 25.9. The first kappa shape index (κ1) is 25.8. The van der Waals surface area contributed by atoms with Crippen LogP contribution in [-0.2, 0) is 35.4 Å². The molecule has 36 heavy (non-hydrogen) atoms. The molecule has 11 nitrogen and oxygen atoms in total. The number of nitrogens with zero attached hydrogens (tertiary/aromatic N) is 3. The van der Waals surface area contributed by atoms with Crippen molar-refractivity contribution in [2.45, 2.75) is 23.3 Å². The van der Waals surface area contributed by atoms with E-state index in [2.05, 4.69) is 20.3 Å². The summed E-state index contributed by atoms with van der Waals surface area (Å²) < 4.78 is 10.7. The van der Waals surface area contributed by atoms with Crippen molar-refractivity contribution in [1.82, 2.24) is 15.2 Å². The summed E-state index contributed by atoms with van der Waals surface area (Å²) in [7, 11) is 2.85. The van der Waals surface area contributed by atoms with Gasteiger partial charge in [-0.3, -0.25) is 14.5 Å². The minimum absolute atomic E-state index is 0.0333. The molecule has 3 N–H and O–H groups in total.